The predicted molar refractivity (Wildman–Crippen MR) is 243 cm³/mol. The van der Waals surface area contributed by atoms with Crippen molar-refractivity contribution in [2.75, 3.05) is 9.80 Å². The predicted octanol–water partition coefficient (Wildman–Crippen LogP) is 16.1. The largest absolute Gasteiger partial charge is 0.301 e. The molecule has 0 radical (unpaired) electrons. The molecule has 0 spiro atoms. The highest BCUT2D eigenvalue weighted by molar-refractivity contribution is 7.26. The molecule has 8 aromatic carbocycles. The summed E-state index contributed by atoms with van der Waals surface area (Å²) in [5.41, 5.74) is 9.38. The second kappa shape index (κ2) is 14.8. The molecule has 2 nitrogen and oxygen atoms in total. The first-order valence-electron chi connectivity index (χ1n) is 18.8. The van der Waals surface area contributed by atoms with Crippen LogP contribution < -0.4 is 9.80 Å². The van der Waals surface area contributed by atoms with Crippen LogP contribution in [0.2, 0.25) is 0 Å². The summed E-state index contributed by atoms with van der Waals surface area (Å²) < 4.78 is 0. The molecule has 0 amide bonds. The molecule has 0 aliphatic rings. The Balaban J connectivity index is 1.24. The Morgan fingerprint density at radius 2 is 0.643 bits per heavy atom. The minimum atomic E-state index is 1.12. The van der Waals surface area contributed by atoms with Crippen molar-refractivity contribution in [3.63, 3.8) is 0 Å². The van der Waals surface area contributed by atoms with E-state index in [0.29, 0.717) is 0 Å². The molecular weight excluding hydrogens is 717 g/mol. The second-order valence-corrected chi connectivity index (χ2v) is 15.8. The number of anilines is 6. The van der Waals surface area contributed by atoms with Crippen LogP contribution in [0.3, 0.4) is 0 Å². The molecule has 0 bridgehead atoms. The van der Waals surface area contributed by atoms with Crippen molar-refractivity contribution in [1.82, 2.24) is 0 Å². The van der Waals surface area contributed by atoms with E-state index in [-0.39, 0.29) is 0 Å². The molecule has 4 heteroatoms. The number of nitrogens with zero attached hydrogens (tertiary/aromatic N) is 2. The van der Waals surface area contributed by atoms with Crippen molar-refractivity contribution in [3.8, 4) is 32.0 Å². The zero-order valence-electron chi connectivity index (χ0n) is 30.5. The van der Waals surface area contributed by atoms with Gasteiger partial charge in [0.25, 0.3) is 0 Å². The lowest BCUT2D eigenvalue weighted by atomic mass is 10.0. The molecule has 2 heterocycles. The number of hydrogen-bond donors (Lipinski definition) is 0. The molecule has 0 N–H and O–H groups in total. The van der Waals surface area contributed by atoms with Gasteiger partial charge in [0.05, 0.1) is 21.1 Å². The van der Waals surface area contributed by atoms with Crippen LogP contribution in [0.4, 0.5) is 32.8 Å². The molecule has 10 aromatic rings. The van der Waals surface area contributed by atoms with Crippen molar-refractivity contribution < 1.29 is 0 Å². The summed E-state index contributed by atoms with van der Waals surface area (Å²) in [5.74, 6) is 0. The van der Waals surface area contributed by atoms with Crippen LogP contribution in [0.15, 0.2) is 218 Å². The maximum absolute atomic E-state index is 2.44. The normalized spacial score (nSPS) is 11.2. The highest BCUT2D eigenvalue weighted by Crippen LogP contribution is 2.55. The van der Waals surface area contributed by atoms with Crippen molar-refractivity contribution in [1.29, 1.82) is 0 Å². The summed E-state index contributed by atoms with van der Waals surface area (Å²) in [5, 5.41) is 7.18. The topological polar surface area (TPSA) is 6.48 Å². The fourth-order valence-corrected chi connectivity index (χ4v) is 10.3. The van der Waals surface area contributed by atoms with E-state index in [1.807, 2.05) is 22.7 Å². The van der Waals surface area contributed by atoms with E-state index in [1.165, 1.54) is 53.6 Å². The van der Waals surface area contributed by atoms with Gasteiger partial charge in [0.15, 0.2) is 0 Å². The highest BCUT2D eigenvalue weighted by atomic mass is 32.1. The second-order valence-electron chi connectivity index (χ2n) is 13.7. The van der Waals surface area contributed by atoms with E-state index in [0.717, 1.165) is 32.8 Å². The lowest BCUT2D eigenvalue weighted by Crippen LogP contribution is -2.08. The van der Waals surface area contributed by atoms with Crippen LogP contribution in [-0.2, 0) is 0 Å². The molecule has 0 saturated heterocycles. The Morgan fingerprint density at radius 1 is 0.304 bits per heavy atom. The number of thiophene rings is 2. The van der Waals surface area contributed by atoms with Crippen molar-refractivity contribution >= 4 is 77.0 Å². The van der Waals surface area contributed by atoms with Gasteiger partial charge in [0.2, 0.25) is 0 Å². The summed E-state index contributed by atoms with van der Waals surface area (Å²) in [7, 11) is 0. The molecular formula is C52H36N2S2. The van der Waals surface area contributed by atoms with Gasteiger partial charge in [-0.05, 0) is 70.4 Å². The molecule has 0 unspecified atom stereocenters. The molecule has 0 aliphatic carbocycles. The van der Waals surface area contributed by atoms with Gasteiger partial charge in [0.1, 0.15) is 10.0 Å². The summed E-state index contributed by atoms with van der Waals surface area (Å²) in [4.78, 5) is 7.36. The first kappa shape index (κ1) is 33.8. The molecule has 10 rings (SSSR count). The summed E-state index contributed by atoms with van der Waals surface area (Å²) >= 11 is 3.72. The van der Waals surface area contributed by atoms with Crippen LogP contribution in [0.25, 0.3) is 53.6 Å². The lowest BCUT2D eigenvalue weighted by Gasteiger charge is -2.25. The van der Waals surface area contributed by atoms with Crippen molar-refractivity contribution in [3.05, 3.63) is 218 Å². The quantitative estimate of drug-likeness (QED) is 0.145. The van der Waals surface area contributed by atoms with E-state index >= 15 is 0 Å². The average molecular weight is 753 g/mol. The molecule has 2 aromatic heterocycles. The summed E-state index contributed by atoms with van der Waals surface area (Å²) in [6.07, 6.45) is 0. The van der Waals surface area contributed by atoms with Gasteiger partial charge >= 0.3 is 0 Å². The van der Waals surface area contributed by atoms with Crippen LogP contribution >= 0.6 is 22.7 Å². The van der Waals surface area contributed by atoms with Crippen LogP contribution in [0, 0.1) is 0 Å². The minimum Gasteiger partial charge on any atom is -0.301 e. The number of benzene rings is 8. The fourth-order valence-electron chi connectivity index (χ4n) is 7.71. The lowest BCUT2D eigenvalue weighted by molar-refractivity contribution is 1.33. The van der Waals surface area contributed by atoms with Crippen molar-refractivity contribution in [2.45, 2.75) is 0 Å². The first-order chi connectivity index (χ1) is 27.8. The van der Waals surface area contributed by atoms with Crippen LogP contribution in [0.5, 0.6) is 0 Å². The standard InChI is InChI=1S/C52H36N2S2/c1-5-19-39(20-6-1)45-35-49(53(41-27-9-3-10-28-41)47-33-17-25-37-23-13-15-31-43(37)47)55-51(45)52-46(40-21-7-2-8-22-40)36-50(56-52)54(42-29-11-4-12-30-42)48-34-18-26-38-24-14-16-32-44(38)48/h1-36H. The Labute approximate surface area is 335 Å². The van der Waals surface area contributed by atoms with Gasteiger partial charge in [0, 0.05) is 33.3 Å². The third-order valence-electron chi connectivity index (χ3n) is 10.3. The Kier molecular flexibility index (Phi) is 8.96. The number of rotatable bonds is 9. The Hall–Kier alpha value is -6.72. The first-order valence-corrected chi connectivity index (χ1v) is 20.5. The monoisotopic (exact) mass is 752 g/mol. The third-order valence-corrected chi connectivity index (χ3v) is 12.7. The molecule has 0 atom stereocenters. The summed E-state index contributed by atoms with van der Waals surface area (Å²) in [6, 6.07) is 78.7. The molecule has 56 heavy (non-hydrogen) atoms. The fraction of sp³-hybridized carbons (Fsp3) is 0. The Morgan fingerprint density at radius 3 is 1.05 bits per heavy atom. The van der Waals surface area contributed by atoms with E-state index < -0.39 is 0 Å². The summed E-state index contributed by atoms with van der Waals surface area (Å²) in [6.45, 7) is 0. The Bertz CT molecular complexity index is 2700. The zero-order valence-corrected chi connectivity index (χ0v) is 32.1. The highest BCUT2D eigenvalue weighted by Gasteiger charge is 2.26. The molecule has 266 valence electrons. The van der Waals surface area contributed by atoms with Crippen LogP contribution in [0.1, 0.15) is 0 Å². The molecule has 0 fully saturated rings. The van der Waals surface area contributed by atoms with E-state index in [9.17, 15) is 0 Å². The third kappa shape index (κ3) is 6.25. The van der Waals surface area contributed by atoms with Gasteiger partial charge in [-0.25, -0.2) is 0 Å². The maximum Gasteiger partial charge on any atom is 0.101 e. The average Bonchev–Trinajstić information content (AvgIpc) is 3.91. The SMILES string of the molecule is c1ccc(-c2cc(N(c3ccccc3)c3cccc4ccccc34)sc2-c2sc(N(c3ccccc3)c3cccc4ccccc34)cc2-c2ccccc2)cc1. The number of hydrogen-bond acceptors (Lipinski definition) is 4. The zero-order chi connectivity index (χ0) is 37.3. The van der Waals surface area contributed by atoms with Gasteiger partial charge in [-0.15, -0.1) is 22.7 Å². The van der Waals surface area contributed by atoms with Gasteiger partial charge in [-0.2, -0.15) is 0 Å². The van der Waals surface area contributed by atoms with E-state index in [2.05, 4.69) is 228 Å². The molecule has 0 saturated carbocycles. The smallest absolute Gasteiger partial charge is 0.101 e. The number of para-hydroxylation sites is 2. The van der Waals surface area contributed by atoms with Crippen molar-refractivity contribution in [2.24, 2.45) is 0 Å². The van der Waals surface area contributed by atoms with Gasteiger partial charge in [-0.3, -0.25) is 0 Å². The minimum absolute atomic E-state index is 1.12. The van der Waals surface area contributed by atoms with E-state index in [4.69, 9.17) is 0 Å². The van der Waals surface area contributed by atoms with Gasteiger partial charge < -0.3 is 9.80 Å². The van der Waals surface area contributed by atoms with Gasteiger partial charge in [-0.1, -0.05) is 170 Å². The number of fused-ring (bicyclic) bond motifs is 2. The van der Waals surface area contributed by atoms with Crippen LogP contribution in [-0.4, -0.2) is 0 Å². The molecule has 0 aliphatic heterocycles. The van der Waals surface area contributed by atoms with E-state index in [1.54, 1.807) is 0 Å². The maximum atomic E-state index is 2.44.